The quantitative estimate of drug-likeness (QED) is 0.849. The molecule has 6 heteroatoms. The highest BCUT2D eigenvalue weighted by Gasteiger charge is 2.20. The van der Waals surface area contributed by atoms with Gasteiger partial charge in [0.1, 0.15) is 6.54 Å². The molecule has 0 bridgehead atoms. The molecule has 1 aromatic heterocycles. The first-order valence-electron chi connectivity index (χ1n) is 5.62. The Morgan fingerprint density at radius 2 is 2.00 bits per heavy atom. The molecule has 0 aliphatic carbocycles. The highest BCUT2D eigenvalue weighted by Crippen LogP contribution is 2.28. The van der Waals surface area contributed by atoms with Crippen LogP contribution in [0.15, 0.2) is 9.85 Å². The Hall–Kier alpha value is -0.880. The van der Waals surface area contributed by atoms with Gasteiger partial charge < -0.3 is 9.80 Å². The van der Waals surface area contributed by atoms with Crippen LogP contribution in [0.25, 0.3) is 0 Å². The Labute approximate surface area is 120 Å². The molecule has 100 valence electrons. The first-order chi connectivity index (χ1) is 8.36. The van der Waals surface area contributed by atoms with Crippen LogP contribution in [0.1, 0.15) is 22.2 Å². The molecule has 1 heterocycles. The molecule has 1 rings (SSSR count). The van der Waals surface area contributed by atoms with Crippen LogP contribution in [0.5, 0.6) is 0 Å². The molecular weight excluding hydrogens is 316 g/mol. The van der Waals surface area contributed by atoms with Gasteiger partial charge in [0.15, 0.2) is 0 Å². The van der Waals surface area contributed by atoms with Crippen molar-refractivity contribution < 1.29 is 9.59 Å². The van der Waals surface area contributed by atoms with Crippen molar-refractivity contribution in [1.29, 1.82) is 0 Å². The Morgan fingerprint density at radius 1 is 1.39 bits per heavy atom. The van der Waals surface area contributed by atoms with Crippen molar-refractivity contribution in [2.24, 2.45) is 0 Å². The van der Waals surface area contributed by atoms with Gasteiger partial charge in [-0.25, -0.2) is 0 Å². The summed E-state index contributed by atoms with van der Waals surface area (Å²) >= 11 is 4.80. The largest absolute Gasteiger partial charge is 0.347 e. The van der Waals surface area contributed by atoms with Crippen molar-refractivity contribution in [3.05, 3.63) is 20.3 Å². The van der Waals surface area contributed by atoms with Gasteiger partial charge >= 0.3 is 0 Å². The molecular formula is C12H17BrN2O2S. The molecule has 0 saturated carbocycles. The maximum atomic E-state index is 12.2. The lowest BCUT2D eigenvalue weighted by atomic mass is 10.3. The first-order valence-corrected chi connectivity index (χ1v) is 7.23. The molecule has 2 amide bonds. The van der Waals surface area contributed by atoms with Crippen LogP contribution in [-0.4, -0.2) is 48.8 Å². The van der Waals surface area contributed by atoms with Crippen LogP contribution in [0.2, 0.25) is 0 Å². The summed E-state index contributed by atoms with van der Waals surface area (Å²) in [7, 11) is 3.37. The molecule has 0 fully saturated rings. The molecule has 1 aromatic rings. The number of hydrogen-bond acceptors (Lipinski definition) is 3. The summed E-state index contributed by atoms with van der Waals surface area (Å²) in [5.74, 6) is -0.163. The number of carbonyl (C=O) groups excluding carboxylic acids is 2. The van der Waals surface area contributed by atoms with Gasteiger partial charge in [0.05, 0.1) is 8.66 Å². The minimum absolute atomic E-state index is 0.0717. The second-order valence-electron chi connectivity index (χ2n) is 4.17. The van der Waals surface area contributed by atoms with E-state index in [0.717, 1.165) is 9.35 Å². The van der Waals surface area contributed by atoms with Crippen molar-refractivity contribution >= 4 is 39.1 Å². The summed E-state index contributed by atoms with van der Waals surface area (Å²) in [5, 5.41) is 0. The predicted octanol–water partition coefficient (Wildman–Crippen LogP) is 2.37. The molecule has 18 heavy (non-hydrogen) atoms. The average Bonchev–Trinajstić information content (AvgIpc) is 2.65. The number of hydrogen-bond donors (Lipinski definition) is 0. The van der Waals surface area contributed by atoms with Gasteiger partial charge in [-0.05, 0) is 41.4 Å². The second kappa shape index (κ2) is 6.33. The van der Waals surface area contributed by atoms with Gasteiger partial charge in [-0.1, -0.05) is 0 Å². The zero-order chi connectivity index (χ0) is 13.9. The minimum atomic E-state index is -0.0912. The van der Waals surface area contributed by atoms with Crippen LogP contribution in [0.3, 0.4) is 0 Å². The van der Waals surface area contributed by atoms with Crippen LogP contribution < -0.4 is 0 Å². The summed E-state index contributed by atoms with van der Waals surface area (Å²) < 4.78 is 0.959. The molecule has 0 radical (unpaired) electrons. The summed E-state index contributed by atoms with van der Waals surface area (Å²) in [5.41, 5.74) is 1.04. The lowest BCUT2D eigenvalue weighted by Crippen LogP contribution is -2.39. The van der Waals surface area contributed by atoms with Crippen LogP contribution in [-0.2, 0) is 4.79 Å². The molecule has 0 aliphatic rings. The molecule has 0 unspecified atom stereocenters. The summed E-state index contributed by atoms with van der Waals surface area (Å²) in [6.07, 6.45) is 0. The third-order valence-electron chi connectivity index (χ3n) is 2.56. The number of halogens is 1. The fourth-order valence-electron chi connectivity index (χ4n) is 1.35. The highest BCUT2D eigenvalue weighted by molar-refractivity contribution is 9.11. The lowest BCUT2D eigenvalue weighted by Gasteiger charge is -2.21. The van der Waals surface area contributed by atoms with E-state index in [1.165, 1.54) is 16.2 Å². The summed E-state index contributed by atoms with van der Waals surface area (Å²) in [6, 6.07) is 1.85. The topological polar surface area (TPSA) is 40.6 Å². The van der Waals surface area contributed by atoms with E-state index in [2.05, 4.69) is 15.9 Å². The molecule has 0 spiro atoms. The van der Waals surface area contributed by atoms with Gasteiger partial charge in [-0.15, -0.1) is 11.3 Å². The smallest absolute Gasteiger partial charge is 0.264 e. The monoisotopic (exact) mass is 332 g/mol. The standard InChI is InChI=1S/C12H17BrN2O2S/c1-5-15(7-10(16)14(3)4)12(17)9-6-8(2)11(13)18-9/h6H,5,7H2,1-4H3. The van der Waals surface area contributed by atoms with Crippen molar-refractivity contribution in [2.75, 3.05) is 27.2 Å². The van der Waals surface area contributed by atoms with Gasteiger partial charge in [0.2, 0.25) is 5.91 Å². The Bertz CT molecular complexity index is 437. The number of thiophene rings is 1. The van der Waals surface area contributed by atoms with Crippen molar-refractivity contribution in [3.8, 4) is 0 Å². The van der Waals surface area contributed by atoms with Crippen molar-refractivity contribution in [2.45, 2.75) is 13.8 Å². The van der Waals surface area contributed by atoms with Crippen LogP contribution in [0, 0.1) is 6.92 Å². The van der Waals surface area contributed by atoms with Gasteiger partial charge in [-0.3, -0.25) is 9.59 Å². The molecule has 0 aromatic carbocycles. The molecule has 0 saturated heterocycles. The van der Waals surface area contributed by atoms with Crippen LogP contribution >= 0.6 is 27.3 Å². The van der Waals surface area contributed by atoms with E-state index in [1.807, 2.05) is 19.9 Å². The number of aryl methyl sites for hydroxylation is 1. The third-order valence-corrected chi connectivity index (χ3v) is 4.69. The summed E-state index contributed by atoms with van der Waals surface area (Å²) in [6.45, 7) is 4.46. The Balaban J connectivity index is 2.82. The number of nitrogens with zero attached hydrogens (tertiary/aromatic N) is 2. The SMILES string of the molecule is CCN(CC(=O)N(C)C)C(=O)c1cc(C)c(Br)s1. The fraction of sp³-hybridized carbons (Fsp3) is 0.500. The number of carbonyl (C=O) groups is 2. The van der Waals surface area contributed by atoms with E-state index in [9.17, 15) is 9.59 Å². The van der Waals surface area contributed by atoms with E-state index < -0.39 is 0 Å². The van der Waals surface area contributed by atoms with Crippen molar-refractivity contribution in [1.82, 2.24) is 9.80 Å². The van der Waals surface area contributed by atoms with Gasteiger partial charge in [0, 0.05) is 20.6 Å². The number of rotatable bonds is 4. The molecule has 0 N–H and O–H groups in total. The number of likely N-dealkylation sites (N-methyl/N-ethyl adjacent to an activating group) is 2. The van der Waals surface area contributed by atoms with E-state index in [0.29, 0.717) is 11.4 Å². The van der Waals surface area contributed by atoms with Gasteiger partial charge in [-0.2, -0.15) is 0 Å². The zero-order valence-corrected chi connectivity index (χ0v) is 13.4. The van der Waals surface area contributed by atoms with Crippen molar-refractivity contribution in [3.63, 3.8) is 0 Å². The minimum Gasteiger partial charge on any atom is -0.347 e. The lowest BCUT2D eigenvalue weighted by molar-refractivity contribution is -0.129. The summed E-state index contributed by atoms with van der Waals surface area (Å²) in [4.78, 5) is 27.6. The second-order valence-corrected chi connectivity index (χ2v) is 6.54. The third kappa shape index (κ3) is 3.55. The Morgan fingerprint density at radius 3 is 2.39 bits per heavy atom. The predicted molar refractivity (Wildman–Crippen MR) is 77.0 cm³/mol. The maximum Gasteiger partial charge on any atom is 0.264 e. The Kier molecular flexibility index (Phi) is 5.34. The maximum absolute atomic E-state index is 12.2. The van der Waals surface area contributed by atoms with E-state index >= 15 is 0 Å². The van der Waals surface area contributed by atoms with Gasteiger partial charge in [0.25, 0.3) is 5.91 Å². The molecule has 4 nitrogen and oxygen atoms in total. The van der Waals surface area contributed by atoms with E-state index in [-0.39, 0.29) is 18.4 Å². The molecule has 0 atom stereocenters. The normalized spacial score (nSPS) is 10.3. The zero-order valence-electron chi connectivity index (χ0n) is 11.0. The van der Waals surface area contributed by atoms with E-state index in [1.54, 1.807) is 19.0 Å². The molecule has 0 aliphatic heterocycles. The average molecular weight is 333 g/mol. The highest BCUT2D eigenvalue weighted by atomic mass is 79.9. The van der Waals surface area contributed by atoms with E-state index in [4.69, 9.17) is 0 Å². The fourth-order valence-corrected chi connectivity index (χ4v) is 2.86. The number of amides is 2. The first kappa shape index (κ1) is 15.2. The van der Waals surface area contributed by atoms with Crippen LogP contribution in [0.4, 0.5) is 0 Å².